The minimum Gasteiger partial charge on any atom is -0.490 e. The molecule has 0 spiro atoms. The molecule has 0 bridgehead atoms. The fraction of sp³-hybridized carbons (Fsp3) is 0.286. The van der Waals surface area contributed by atoms with Crippen LogP contribution in [-0.2, 0) is 0 Å². The van der Waals surface area contributed by atoms with E-state index in [-0.39, 0.29) is 6.04 Å². The molecule has 1 aliphatic heterocycles. The fourth-order valence-corrected chi connectivity index (χ4v) is 2.34. The summed E-state index contributed by atoms with van der Waals surface area (Å²) in [5.74, 6) is 1.36. The molecule has 0 saturated heterocycles. The monoisotopic (exact) mass is 279 g/mol. The van der Waals surface area contributed by atoms with Crippen LogP contribution in [0.4, 0.5) is 0 Å². The number of ether oxygens (including phenoxy) is 2. The van der Waals surface area contributed by atoms with Gasteiger partial charge in [0.15, 0.2) is 11.5 Å². The topological polar surface area (TPSA) is 57.6 Å². The first-order valence-corrected chi connectivity index (χ1v) is 6.50. The second-order valence-electron chi connectivity index (χ2n) is 4.41. The molecule has 3 rings (SSSR count). The summed E-state index contributed by atoms with van der Waals surface area (Å²) in [5.41, 5.74) is 7.86. The Balaban J connectivity index is 2.00. The van der Waals surface area contributed by atoms with E-state index in [1.54, 1.807) is 18.6 Å². The molecule has 1 aliphatic rings. The third-order valence-electron chi connectivity index (χ3n) is 3.10. The third-order valence-corrected chi connectivity index (χ3v) is 3.43. The van der Waals surface area contributed by atoms with Crippen LogP contribution >= 0.6 is 11.6 Å². The van der Waals surface area contributed by atoms with Crippen molar-refractivity contribution in [1.82, 2.24) is 0 Å². The highest BCUT2D eigenvalue weighted by molar-refractivity contribution is 6.31. The summed E-state index contributed by atoms with van der Waals surface area (Å²) in [4.78, 5) is 0. The summed E-state index contributed by atoms with van der Waals surface area (Å²) < 4.78 is 16.3. The van der Waals surface area contributed by atoms with Crippen molar-refractivity contribution in [3.8, 4) is 11.5 Å². The number of nitrogens with two attached hydrogens (primary N) is 1. The summed E-state index contributed by atoms with van der Waals surface area (Å²) in [7, 11) is 0. The van der Waals surface area contributed by atoms with E-state index < -0.39 is 0 Å². The first kappa shape index (κ1) is 12.4. The Labute approximate surface area is 116 Å². The van der Waals surface area contributed by atoms with Gasteiger partial charge in [-0.1, -0.05) is 11.6 Å². The fourth-order valence-electron chi connectivity index (χ4n) is 2.07. The van der Waals surface area contributed by atoms with Crippen LogP contribution in [0.15, 0.2) is 35.1 Å². The summed E-state index contributed by atoms with van der Waals surface area (Å²) in [6.45, 7) is 1.27. The van der Waals surface area contributed by atoms with E-state index in [9.17, 15) is 0 Å². The largest absolute Gasteiger partial charge is 0.490 e. The van der Waals surface area contributed by atoms with Crippen LogP contribution < -0.4 is 15.2 Å². The van der Waals surface area contributed by atoms with Crippen LogP contribution in [0, 0.1) is 0 Å². The molecular formula is C14H14ClNO3. The van der Waals surface area contributed by atoms with Crippen molar-refractivity contribution >= 4 is 11.6 Å². The Morgan fingerprint density at radius 3 is 2.58 bits per heavy atom. The highest BCUT2D eigenvalue weighted by Gasteiger charge is 2.19. The van der Waals surface area contributed by atoms with E-state index in [2.05, 4.69) is 0 Å². The van der Waals surface area contributed by atoms with Crippen molar-refractivity contribution in [3.63, 3.8) is 0 Å². The number of hydrogen-bond donors (Lipinski definition) is 1. The van der Waals surface area contributed by atoms with E-state index >= 15 is 0 Å². The third kappa shape index (κ3) is 2.41. The molecule has 2 aromatic rings. The summed E-state index contributed by atoms with van der Waals surface area (Å²) in [6, 6.07) is 5.09. The number of benzene rings is 1. The van der Waals surface area contributed by atoms with Gasteiger partial charge in [0.05, 0.1) is 31.8 Å². The van der Waals surface area contributed by atoms with Crippen LogP contribution in [0.2, 0.25) is 5.02 Å². The molecular weight excluding hydrogens is 266 g/mol. The van der Waals surface area contributed by atoms with Crippen LogP contribution in [-0.4, -0.2) is 13.2 Å². The van der Waals surface area contributed by atoms with Gasteiger partial charge < -0.3 is 19.6 Å². The van der Waals surface area contributed by atoms with Crippen LogP contribution in [0.1, 0.15) is 23.6 Å². The molecule has 0 radical (unpaired) electrons. The van der Waals surface area contributed by atoms with Crippen molar-refractivity contribution in [2.24, 2.45) is 5.73 Å². The molecule has 1 aromatic heterocycles. The summed E-state index contributed by atoms with van der Waals surface area (Å²) >= 11 is 6.28. The molecule has 1 aromatic carbocycles. The first-order chi connectivity index (χ1) is 9.25. The molecule has 0 aliphatic carbocycles. The highest BCUT2D eigenvalue weighted by atomic mass is 35.5. The van der Waals surface area contributed by atoms with Crippen LogP contribution in [0.3, 0.4) is 0 Å². The van der Waals surface area contributed by atoms with Gasteiger partial charge in [0.1, 0.15) is 0 Å². The standard InChI is InChI=1S/C14H14ClNO3/c15-11-7-13-12(18-3-1-4-19-13)6-10(11)14(16)9-2-5-17-8-9/h2,5-8,14H,1,3-4,16H2. The highest BCUT2D eigenvalue weighted by Crippen LogP contribution is 2.38. The van der Waals surface area contributed by atoms with E-state index in [0.717, 1.165) is 17.5 Å². The quantitative estimate of drug-likeness (QED) is 0.917. The molecule has 2 heterocycles. The maximum absolute atomic E-state index is 6.28. The van der Waals surface area contributed by atoms with Gasteiger partial charge in [0.2, 0.25) is 0 Å². The lowest BCUT2D eigenvalue weighted by atomic mass is 10.0. The first-order valence-electron chi connectivity index (χ1n) is 6.12. The summed E-state index contributed by atoms with van der Waals surface area (Å²) in [5, 5.41) is 0.568. The van der Waals surface area contributed by atoms with Gasteiger partial charge in [-0.05, 0) is 17.7 Å². The van der Waals surface area contributed by atoms with E-state index in [4.69, 9.17) is 31.2 Å². The van der Waals surface area contributed by atoms with Gasteiger partial charge >= 0.3 is 0 Å². The number of furan rings is 1. The van der Waals surface area contributed by atoms with E-state index in [0.29, 0.717) is 29.7 Å². The van der Waals surface area contributed by atoms with Crippen molar-refractivity contribution < 1.29 is 13.9 Å². The molecule has 0 saturated carbocycles. The van der Waals surface area contributed by atoms with Gasteiger partial charge in [0, 0.05) is 23.1 Å². The maximum Gasteiger partial charge on any atom is 0.162 e. The van der Waals surface area contributed by atoms with Gasteiger partial charge in [-0.25, -0.2) is 0 Å². The Morgan fingerprint density at radius 1 is 1.16 bits per heavy atom. The van der Waals surface area contributed by atoms with Crippen LogP contribution in [0.5, 0.6) is 11.5 Å². The predicted octanol–water partition coefficient (Wildman–Crippen LogP) is 3.14. The van der Waals surface area contributed by atoms with Crippen LogP contribution in [0.25, 0.3) is 0 Å². The molecule has 19 heavy (non-hydrogen) atoms. The molecule has 5 heteroatoms. The minimum absolute atomic E-state index is 0.344. The average Bonchev–Trinajstić information content (AvgIpc) is 2.84. The lowest BCUT2D eigenvalue weighted by Gasteiger charge is -2.15. The molecule has 1 unspecified atom stereocenters. The van der Waals surface area contributed by atoms with E-state index in [1.165, 1.54) is 0 Å². The number of fused-ring (bicyclic) bond motifs is 1. The molecule has 2 N–H and O–H groups in total. The lowest BCUT2D eigenvalue weighted by Crippen LogP contribution is -2.12. The maximum atomic E-state index is 6.28. The Bertz CT molecular complexity index is 568. The molecule has 1 atom stereocenters. The minimum atomic E-state index is -0.344. The summed E-state index contributed by atoms with van der Waals surface area (Å²) in [6.07, 6.45) is 4.06. The smallest absolute Gasteiger partial charge is 0.162 e. The number of rotatable bonds is 2. The Kier molecular flexibility index (Phi) is 3.36. The van der Waals surface area contributed by atoms with Crippen molar-refractivity contribution in [3.05, 3.63) is 46.9 Å². The normalized spacial score (nSPS) is 15.9. The van der Waals surface area contributed by atoms with Gasteiger partial charge in [-0.3, -0.25) is 0 Å². The van der Waals surface area contributed by atoms with Gasteiger partial charge in [0.25, 0.3) is 0 Å². The zero-order chi connectivity index (χ0) is 13.2. The van der Waals surface area contributed by atoms with Crippen molar-refractivity contribution in [2.75, 3.05) is 13.2 Å². The SMILES string of the molecule is NC(c1ccoc1)c1cc2c(cc1Cl)OCCCO2. The molecule has 0 amide bonds. The zero-order valence-electron chi connectivity index (χ0n) is 10.3. The predicted molar refractivity (Wildman–Crippen MR) is 71.8 cm³/mol. The second kappa shape index (κ2) is 5.15. The Morgan fingerprint density at radius 2 is 1.89 bits per heavy atom. The average molecular weight is 280 g/mol. The molecule has 4 nitrogen and oxygen atoms in total. The van der Waals surface area contributed by atoms with Crippen molar-refractivity contribution in [1.29, 1.82) is 0 Å². The lowest BCUT2D eigenvalue weighted by molar-refractivity contribution is 0.297. The van der Waals surface area contributed by atoms with Crippen molar-refractivity contribution in [2.45, 2.75) is 12.5 Å². The molecule has 0 fully saturated rings. The van der Waals surface area contributed by atoms with E-state index in [1.807, 2.05) is 12.1 Å². The number of hydrogen-bond acceptors (Lipinski definition) is 4. The Hall–Kier alpha value is -1.65. The second-order valence-corrected chi connectivity index (χ2v) is 4.81. The van der Waals surface area contributed by atoms with Gasteiger partial charge in [-0.2, -0.15) is 0 Å². The van der Waals surface area contributed by atoms with Gasteiger partial charge in [-0.15, -0.1) is 0 Å². The molecule has 100 valence electrons. The zero-order valence-corrected chi connectivity index (χ0v) is 11.0. The number of halogens is 1.